The third kappa shape index (κ3) is 15.1. The minimum Gasteiger partial charge on any atom is -0.323 e. The summed E-state index contributed by atoms with van der Waals surface area (Å²) in [6.45, 7) is 3.25. The summed E-state index contributed by atoms with van der Waals surface area (Å²) in [6, 6.07) is 18.3. The molecule has 43 heavy (non-hydrogen) atoms. The Hall–Kier alpha value is -2.63. The molecule has 3 rings (SSSR count). The Morgan fingerprint density at radius 2 is 0.953 bits per heavy atom. The van der Waals surface area contributed by atoms with Gasteiger partial charge in [0.2, 0.25) is 0 Å². The van der Waals surface area contributed by atoms with Crippen LogP contribution in [0.1, 0.15) is 127 Å². The Morgan fingerprint density at radius 3 is 1.35 bits per heavy atom. The quantitative estimate of drug-likeness (QED) is 0.0972. The van der Waals surface area contributed by atoms with Gasteiger partial charge >= 0.3 is 0 Å². The summed E-state index contributed by atoms with van der Waals surface area (Å²) in [7, 11) is 0. The van der Waals surface area contributed by atoms with Gasteiger partial charge in [0.1, 0.15) is 0 Å². The van der Waals surface area contributed by atoms with Crippen LogP contribution in [-0.2, 0) is 19.3 Å². The minimum absolute atomic E-state index is 0.0442. The van der Waals surface area contributed by atoms with E-state index in [2.05, 4.69) is 51.5 Å². The van der Waals surface area contributed by atoms with Gasteiger partial charge in [0, 0.05) is 66.5 Å². The van der Waals surface area contributed by atoms with E-state index in [1.807, 2.05) is 48.9 Å². The molecule has 0 saturated heterocycles. The number of hydrogen-bond acceptors (Lipinski definition) is 5. The number of hydrogen-bond donors (Lipinski definition) is 2. The second-order valence-electron chi connectivity index (χ2n) is 12.6. The smallest absolute Gasteiger partial charge is 0.0425 e. The van der Waals surface area contributed by atoms with E-state index in [0.29, 0.717) is 12.8 Å². The van der Waals surface area contributed by atoms with Crippen LogP contribution < -0.4 is 11.1 Å². The van der Waals surface area contributed by atoms with E-state index >= 15 is 0 Å². The lowest BCUT2D eigenvalue weighted by Gasteiger charge is -2.38. The average molecular weight is 586 g/mol. The highest BCUT2D eigenvalue weighted by Crippen LogP contribution is 2.22. The van der Waals surface area contributed by atoms with E-state index in [9.17, 15) is 0 Å². The molecule has 0 aliphatic rings. The SMILES string of the molecule is CCCCCCCCCCCCCCCCCCNC(Cc1ccccn1)C(N)(Cc1ccccn1)Cc1ccccn1. The monoisotopic (exact) mass is 585 g/mol. The molecular formula is C38H59N5. The summed E-state index contributed by atoms with van der Waals surface area (Å²) in [6.07, 6.45) is 29.8. The van der Waals surface area contributed by atoms with Gasteiger partial charge in [0.05, 0.1) is 0 Å². The maximum atomic E-state index is 7.36. The van der Waals surface area contributed by atoms with Crippen LogP contribution in [0.3, 0.4) is 0 Å². The van der Waals surface area contributed by atoms with Crippen LogP contribution in [0.5, 0.6) is 0 Å². The molecule has 3 heterocycles. The molecule has 0 aromatic carbocycles. The number of nitrogens with zero attached hydrogens (tertiary/aromatic N) is 3. The van der Waals surface area contributed by atoms with Crippen molar-refractivity contribution in [3.63, 3.8) is 0 Å². The molecule has 3 aromatic rings. The molecule has 5 heteroatoms. The largest absolute Gasteiger partial charge is 0.323 e. The lowest BCUT2D eigenvalue weighted by atomic mass is 9.79. The van der Waals surface area contributed by atoms with Crippen LogP contribution in [-0.4, -0.2) is 33.1 Å². The number of unbranched alkanes of at least 4 members (excludes halogenated alkanes) is 15. The van der Waals surface area contributed by atoms with E-state index in [1.165, 1.54) is 103 Å². The standard InChI is InChI=1S/C38H59N5/c1-2-3-4-5-6-7-8-9-10-11-12-13-14-15-16-20-30-43-37(31-34-24-17-21-27-40-34)38(39,32-35-25-18-22-28-41-35)33-36-26-19-23-29-42-36/h17-19,21-29,37,43H,2-16,20,30-33,39H2,1H3. The van der Waals surface area contributed by atoms with Crippen LogP contribution in [0.4, 0.5) is 0 Å². The molecule has 3 N–H and O–H groups in total. The summed E-state index contributed by atoms with van der Waals surface area (Å²) >= 11 is 0. The van der Waals surface area contributed by atoms with Gasteiger partial charge in [-0.05, 0) is 49.4 Å². The third-order valence-electron chi connectivity index (χ3n) is 8.73. The zero-order valence-corrected chi connectivity index (χ0v) is 27.1. The molecule has 236 valence electrons. The van der Waals surface area contributed by atoms with E-state index in [-0.39, 0.29) is 6.04 Å². The molecule has 0 spiro atoms. The van der Waals surface area contributed by atoms with Gasteiger partial charge in [-0.15, -0.1) is 0 Å². The summed E-state index contributed by atoms with van der Waals surface area (Å²) in [5.74, 6) is 0. The number of nitrogens with one attached hydrogen (secondary N) is 1. The zero-order chi connectivity index (χ0) is 30.3. The lowest BCUT2D eigenvalue weighted by Crippen LogP contribution is -2.61. The zero-order valence-electron chi connectivity index (χ0n) is 27.1. The number of rotatable bonds is 25. The molecule has 0 saturated carbocycles. The molecule has 0 aliphatic heterocycles. The van der Waals surface area contributed by atoms with Gasteiger partial charge < -0.3 is 11.1 Å². The van der Waals surface area contributed by atoms with Gasteiger partial charge in [-0.2, -0.15) is 0 Å². The van der Waals surface area contributed by atoms with Crippen LogP contribution >= 0.6 is 0 Å². The summed E-state index contributed by atoms with van der Waals surface area (Å²) < 4.78 is 0. The summed E-state index contributed by atoms with van der Waals surface area (Å²) in [4.78, 5) is 13.9. The topological polar surface area (TPSA) is 76.7 Å². The second kappa shape index (κ2) is 22.0. The Kier molecular flexibility index (Phi) is 17.8. The molecular weight excluding hydrogens is 526 g/mol. The van der Waals surface area contributed by atoms with Crippen molar-refractivity contribution in [3.8, 4) is 0 Å². The van der Waals surface area contributed by atoms with Crippen molar-refractivity contribution >= 4 is 0 Å². The Morgan fingerprint density at radius 1 is 0.558 bits per heavy atom. The lowest BCUT2D eigenvalue weighted by molar-refractivity contribution is 0.278. The first-order valence-electron chi connectivity index (χ1n) is 17.4. The van der Waals surface area contributed by atoms with Crippen molar-refractivity contribution < 1.29 is 0 Å². The Labute approximate surface area is 262 Å². The first-order valence-corrected chi connectivity index (χ1v) is 17.4. The van der Waals surface area contributed by atoms with Crippen LogP contribution in [0.15, 0.2) is 73.2 Å². The molecule has 1 atom stereocenters. The maximum Gasteiger partial charge on any atom is 0.0425 e. The van der Waals surface area contributed by atoms with Gasteiger partial charge in [0.15, 0.2) is 0 Å². The van der Waals surface area contributed by atoms with Crippen LogP contribution in [0.25, 0.3) is 0 Å². The van der Waals surface area contributed by atoms with Gasteiger partial charge in [-0.25, -0.2) is 0 Å². The van der Waals surface area contributed by atoms with E-state index in [4.69, 9.17) is 5.73 Å². The third-order valence-corrected chi connectivity index (χ3v) is 8.73. The molecule has 0 fully saturated rings. The molecule has 0 amide bonds. The van der Waals surface area contributed by atoms with Crippen LogP contribution in [0, 0.1) is 0 Å². The number of nitrogens with two attached hydrogens (primary N) is 1. The Balaban J connectivity index is 1.41. The van der Waals surface area contributed by atoms with E-state index < -0.39 is 5.54 Å². The normalized spacial score (nSPS) is 12.4. The predicted octanol–water partition coefficient (Wildman–Crippen LogP) is 8.82. The minimum atomic E-state index is -0.560. The van der Waals surface area contributed by atoms with Crippen molar-refractivity contribution in [3.05, 3.63) is 90.3 Å². The summed E-state index contributed by atoms with van der Waals surface area (Å²) in [5.41, 5.74) is 9.88. The molecule has 1 unspecified atom stereocenters. The van der Waals surface area contributed by atoms with Crippen molar-refractivity contribution in [2.24, 2.45) is 5.73 Å². The van der Waals surface area contributed by atoms with E-state index in [0.717, 1.165) is 30.0 Å². The van der Waals surface area contributed by atoms with Crippen molar-refractivity contribution in [1.29, 1.82) is 0 Å². The van der Waals surface area contributed by atoms with E-state index in [1.54, 1.807) is 0 Å². The molecule has 0 bridgehead atoms. The highest BCUT2D eigenvalue weighted by molar-refractivity contribution is 5.19. The van der Waals surface area contributed by atoms with Gasteiger partial charge in [-0.3, -0.25) is 15.0 Å². The number of aromatic nitrogens is 3. The first-order chi connectivity index (χ1) is 21.2. The van der Waals surface area contributed by atoms with Crippen molar-refractivity contribution in [2.45, 2.75) is 141 Å². The fourth-order valence-corrected chi connectivity index (χ4v) is 6.14. The fraction of sp³-hybridized carbons (Fsp3) is 0.605. The molecule has 5 nitrogen and oxygen atoms in total. The maximum absolute atomic E-state index is 7.36. The second-order valence-corrected chi connectivity index (χ2v) is 12.6. The first kappa shape index (κ1) is 34.9. The van der Waals surface area contributed by atoms with Gasteiger partial charge in [0.25, 0.3) is 0 Å². The molecule has 0 radical (unpaired) electrons. The highest BCUT2D eigenvalue weighted by atomic mass is 15.0. The fourth-order valence-electron chi connectivity index (χ4n) is 6.14. The Bertz CT molecular complexity index is 1000. The van der Waals surface area contributed by atoms with Crippen LogP contribution in [0.2, 0.25) is 0 Å². The highest BCUT2D eigenvalue weighted by Gasteiger charge is 2.36. The summed E-state index contributed by atoms with van der Waals surface area (Å²) in [5, 5.41) is 3.88. The number of pyridine rings is 3. The predicted molar refractivity (Wildman–Crippen MR) is 182 cm³/mol. The average Bonchev–Trinajstić information content (AvgIpc) is 3.03. The molecule has 0 aliphatic carbocycles. The molecule has 3 aromatic heterocycles. The van der Waals surface area contributed by atoms with Gasteiger partial charge in [-0.1, -0.05) is 121 Å². The van der Waals surface area contributed by atoms with Crippen molar-refractivity contribution in [1.82, 2.24) is 20.3 Å². The van der Waals surface area contributed by atoms with Crippen molar-refractivity contribution in [2.75, 3.05) is 6.54 Å².